The number of rotatable bonds is 6. The highest BCUT2D eigenvalue weighted by molar-refractivity contribution is 9.10. The van der Waals surface area contributed by atoms with Gasteiger partial charge in [0, 0.05) is 22.4 Å². The summed E-state index contributed by atoms with van der Waals surface area (Å²) in [5.41, 5.74) is 4.97. The van der Waals surface area contributed by atoms with E-state index in [-0.39, 0.29) is 12.5 Å². The van der Waals surface area contributed by atoms with Crippen LogP contribution in [-0.2, 0) is 11.3 Å². The van der Waals surface area contributed by atoms with Gasteiger partial charge in [-0.25, -0.2) is 4.79 Å². The fraction of sp³-hybridized carbons (Fsp3) is 0.250. The fourth-order valence-electron chi connectivity index (χ4n) is 3.61. The fourth-order valence-corrected chi connectivity index (χ4v) is 4.08. The van der Waals surface area contributed by atoms with E-state index >= 15 is 0 Å². The molecule has 0 saturated heterocycles. The second-order valence-electron chi connectivity index (χ2n) is 7.14. The van der Waals surface area contributed by atoms with Crippen LogP contribution >= 0.6 is 15.9 Å². The van der Waals surface area contributed by atoms with Crippen molar-refractivity contribution >= 4 is 33.5 Å². The number of aromatic nitrogens is 1. The van der Waals surface area contributed by atoms with Crippen molar-refractivity contribution in [2.24, 2.45) is 0 Å². The Hall–Kier alpha value is -2.86. The van der Waals surface area contributed by atoms with Crippen LogP contribution < -0.4 is 5.32 Å². The zero-order valence-corrected chi connectivity index (χ0v) is 19.2. The molecule has 1 N–H and O–H groups in total. The van der Waals surface area contributed by atoms with Gasteiger partial charge in [0.05, 0.1) is 12.2 Å². The van der Waals surface area contributed by atoms with Crippen molar-refractivity contribution in [2.45, 2.75) is 34.2 Å². The van der Waals surface area contributed by atoms with Crippen LogP contribution in [-0.4, -0.2) is 23.1 Å². The number of aryl methyl sites for hydroxylation is 1. The van der Waals surface area contributed by atoms with Crippen LogP contribution in [0.4, 0.5) is 5.69 Å². The van der Waals surface area contributed by atoms with Gasteiger partial charge < -0.3 is 14.6 Å². The molecule has 1 heterocycles. The Balaban J connectivity index is 2.04. The van der Waals surface area contributed by atoms with Gasteiger partial charge in [0.2, 0.25) is 0 Å². The lowest BCUT2D eigenvalue weighted by Crippen LogP contribution is -2.15. The smallest absolute Gasteiger partial charge is 0.355 e. The number of halogens is 1. The Morgan fingerprint density at radius 3 is 2.40 bits per heavy atom. The molecule has 0 bridgehead atoms. The number of anilines is 1. The molecule has 156 valence electrons. The van der Waals surface area contributed by atoms with E-state index in [2.05, 4.69) is 21.2 Å². The van der Waals surface area contributed by atoms with E-state index in [1.165, 1.54) is 0 Å². The van der Waals surface area contributed by atoms with Crippen LogP contribution in [0.5, 0.6) is 0 Å². The van der Waals surface area contributed by atoms with Gasteiger partial charge in [-0.2, -0.15) is 0 Å². The van der Waals surface area contributed by atoms with Gasteiger partial charge in [0.25, 0.3) is 5.91 Å². The highest BCUT2D eigenvalue weighted by Gasteiger charge is 2.27. The number of hydrogen-bond donors (Lipinski definition) is 1. The third-order valence-corrected chi connectivity index (χ3v) is 5.58. The normalized spacial score (nSPS) is 10.7. The standard InChI is InChI=1S/C24H25BrN2O3/c1-5-30-24(29)22-16(3)21(17(4)27(22)14-18-9-7-6-8-10-18)23(28)26-20-12-11-19(25)13-15(20)2/h6-13H,5,14H2,1-4H3,(H,26,28). The first-order valence-electron chi connectivity index (χ1n) is 9.81. The molecule has 0 spiro atoms. The van der Waals surface area contributed by atoms with Crippen molar-refractivity contribution < 1.29 is 14.3 Å². The second-order valence-corrected chi connectivity index (χ2v) is 8.06. The lowest BCUT2D eigenvalue weighted by atomic mass is 10.1. The highest BCUT2D eigenvalue weighted by atomic mass is 79.9. The number of benzene rings is 2. The largest absolute Gasteiger partial charge is 0.461 e. The van der Waals surface area contributed by atoms with Crippen molar-refractivity contribution in [3.05, 3.63) is 86.6 Å². The summed E-state index contributed by atoms with van der Waals surface area (Å²) in [5.74, 6) is -0.666. The molecule has 0 atom stereocenters. The molecule has 3 aromatic rings. The van der Waals surface area contributed by atoms with Crippen molar-refractivity contribution in [2.75, 3.05) is 11.9 Å². The molecule has 1 amide bonds. The molecule has 0 aliphatic heterocycles. The molecule has 0 aliphatic carbocycles. The molecular weight excluding hydrogens is 444 g/mol. The predicted octanol–water partition coefficient (Wildman–Crippen LogP) is 5.65. The molecule has 30 heavy (non-hydrogen) atoms. The van der Waals surface area contributed by atoms with Crippen LogP contribution in [0.15, 0.2) is 53.0 Å². The second kappa shape index (κ2) is 9.30. The summed E-state index contributed by atoms with van der Waals surface area (Å²) in [7, 11) is 0. The quantitative estimate of drug-likeness (QED) is 0.475. The molecule has 2 aromatic carbocycles. The average Bonchev–Trinajstić information content (AvgIpc) is 2.95. The average molecular weight is 469 g/mol. The first-order chi connectivity index (χ1) is 14.3. The topological polar surface area (TPSA) is 60.3 Å². The van der Waals surface area contributed by atoms with E-state index in [4.69, 9.17) is 4.74 Å². The Labute approximate surface area is 185 Å². The number of carbonyl (C=O) groups is 2. The maximum Gasteiger partial charge on any atom is 0.355 e. The first kappa shape index (κ1) is 21.8. The minimum Gasteiger partial charge on any atom is -0.461 e. The van der Waals surface area contributed by atoms with Gasteiger partial charge in [0.1, 0.15) is 5.69 Å². The van der Waals surface area contributed by atoms with Crippen molar-refractivity contribution in [3.8, 4) is 0 Å². The third-order valence-electron chi connectivity index (χ3n) is 5.08. The molecule has 5 nitrogen and oxygen atoms in total. The minimum atomic E-state index is -0.423. The van der Waals surface area contributed by atoms with E-state index in [1.54, 1.807) is 13.8 Å². The minimum absolute atomic E-state index is 0.243. The number of nitrogens with one attached hydrogen (secondary N) is 1. The van der Waals surface area contributed by atoms with Gasteiger partial charge in [0.15, 0.2) is 0 Å². The predicted molar refractivity (Wildman–Crippen MR) is 122 cm³/mol. The molecule has 0 saturated carbocycles. The molecule has 0 radical (unpaired) electrons. The summed E-state index contributed by atoms with van der Waals surface area (Å²) in [6, 6.07) is 15.5. The number of nitrogens with zero attached hydrogens (tertiary/aromatic N) is 1. The van der Waals surface area contributed by atoms with Gasteiger partial charge in [-0.1, -0.05) is 46.3 Å². The molecule has 6 heteroatoms. The summed E-state index contributed by atoms with van der Waals surface area (Å²) in [6.45, 7) is 8.12. The van der Waals surface area contributed by atoms with Crippen molar-refractivity contribution in [3.63, 3.8) is 0 Å². The number of hydrogen-bond acceptors (Lipinski definition) is 3. The summed E-state index contributed by atoms with van der Waals surface area (Å²) >= 11 is 3.44. The summed E-state index contributed by atoms with van der Waals surface area (Å²) < 4.78 is 8.10. The SMILES string of the molecule is CCOC(=O)c1c(C)c(C(=O)Nc2ccc(Br)cc2C)c(C)n1Cc1ccccc1. The lowest BCUT2D eigenvalue weighted by molar-refractivity contribution is 0.0513. The number of esters is 1. The van der Waals surface area contributed by atoms with E-state index in [0.29, 0.717) is 23.4 Å². The Bertz CT molecular complexity index is 1090. The zero-order valence-electron chi connectivity index (χ0n) is 17.6. The summed E-state index contributed by atoms with van der Waals surface area (Å²) in [6.07, 6.45) is 0. The maximum atomic E-state index is 13.2. The molecule has 0 fully saturated rings. The summed E-state index contributed by atoms with van der Waals surface area (Å²) in [4.78, 5) is 25.9. The van der Waals surface area contributed by atoms with E-state index in [9.17, 15) is 9.59 Å². The van der Waals surface area contributed by atoms with Crippen LogP contribution in [0.3, 0.4) is 0 Å². The number of carbonyl (C=O) groups excluding carboxylic acids is 2. The van der Waals surface area contributed by atoms with Crippen LogP contribution in [0.2, 0.25) is 0 Å². The molecule has 0 aliphatic rings. The van der Waals surface area contributed by atoms with Crippen LogP contribution in [0.1, 0.15) is 50.2 Å². The molecule has 3 rings (SSSR count). The lowest BCUT2D eigenvalue weighted by Gasteiger charge is -2.12. The Kier molecular flexibility index (Phi) is 6.77. The van der Waals surface area contributed by atoms with Gasteiger partial charge in [-0.15, -0.1) is 0 Å². The van der Waals surface area contributed by atoms with Crippen LogP contribution in [0, 0.1) is 20.8 Å². The van der Waals surface area contributed by atoms with Crippen molar-refractivity contribution in [1.82, 2.24) is 4.57 Å². The van der Waals surface area contributed by atoms with Gasteiger partial charge in [-0.3, -0.25) is 4.79 Å². The first-order valence-corrected chi connectivity index (χ1v) is 10.6. The Morgan fingerprint density at radius 2 is 1.77 bits per heavy atom. The number of amides is 1. The van der Waals surface area contributed by atoms with E-state index in [1.807, 2.05) is 66.9 Å². The summed E-state index contributed by atoms with van der Waals surface area (Å²) in [5, 5.41) is 2.99. The van der Waals surface area contributed by atoms with Crippen molar-refractivity contribution in [1.29, 1.82) is 0 Å². The van der Waals surface area contributed by atoms with E-state index in [0.717, 1.165) is 27.0 Å². The number of ether oxygens (including phenoxy) is 1. The Morgan fingerprint density at radius 1 is 1.07 bits per heavy atom. The van der Waals surface area contributed by atoms with Gasteiger partial charge in [-0.05, 0) is 62.6 Å². The maximum absolute atomic E-state index is 13.2. The highest BCUT2D eigenvalue weighted by Crippen LogP contribution is 2.27. The monoisotopic (exact) mass is 468 g/mol. The van der Waals surface area contributed by atoms with E-state index < -0.39 is 5.97 Å². The molecule has 1 aromatic heterocycles. The third kappa shape index (κ3) is 4.49. The van der Waals surface area contributed by atoms with Gasteiger partial charge >= 0.3 is 5.97 Å². The van der Waals surface area contributed by atoms with Crippen LogP contribution in [0.25, 0.3) is 0 Å². The molecular formula is C24H25BrN2O3. The zero-order chi connectivity index (χ0) is 21.8. The molecule has 0 unspecified atom stereocenters.